The Labute approximate surface area is 227 Å². The van der Waals surface area contributed by atoms with Crippen LogP contribution in [0.4, 0.5) is 0 Å². The highest BCUT2D eigenvalue weighted by Gasteiger charge is 2.21. The Morgan fingerprint density at radius 3 is 1.38 bits per heavy atom. The molecule has 4 amide bonds. The van der Waals surface area contributed by atoms with E-state index in [1.807, 2.05) is 41.5 Å². The van der Waals surface area contributed by atoms with Crippen LogP contribution in [-0.4, -0.2) is 93.0 Å². The maximum atomic E-state index is 12.2. The molecular formula is C24H40N10O5. The Hall–Kier alpha value is -3.88. The van der Waals surface area contributed by atoms with E-state index >= 15 is 0 Å². The van der Waals surface area contributed by atoms with E-state index in [4.69, 9.17) is 4.74 Å². The van der Waals surface area contributed by atoms with Gasteiger partial charge in [0.1, 0.15) is 0 Å². The monoisotopic (exact) mass is 548 g/mol. The number of rotatable bonds is 14. The zero-order valence-corrected chi connectivity index (χ0v) is 23.5. The number of nitrogens with zero attached hydrogens (tertiary/aromatic N) is 6. The summed E-state index contributed by atoms with van der Waals surface area (Å²) in [5.41, 5.74) is -0.640. The highest BCUT2D eigenvalue weighted by atomic mass is 16.5. The van der Waals surface area contributed by atoms with Gasteiger partial charge < -0.3 is 26.0 Å². The lowest BCUT2D eigenvalue weighted by Gasteiger charge is -2.17. The summed E-state index contributed by atoms with van der Waals surface area (Å²) >= 11 is 0. The Morgan fingerprint density at radius 2 is 1.03 bits per heavy atom. The molecule has 2 rings (SSSR count). The molecule has 0 saturated heterocycles. The van der Waals surface area contributed by atoms with Crippen LogP contribution in [0.1, 0.15) is 62.5 Å². The second kappa shape index (κ2) is 14.3. The van der Waals surface area contributed by atoms with Crippen molar-refractivity contribution >= 4 is 23.6 Å². The van der Waals surface area contributed by atoms with Crippen LogP contribution >= 0.6 is 0 Å². The van der Waals surface area contributed by atoms with Gasteiger partial charge in [0.15, 0.2) is 11.4 Å². The van der Waals surface area contributed by atoms with Gasteiger partial charge in [-0.2, -0.15) is 0 Å². The van der Waals surface area contributed by atoms with E-state index in [1.165, 1.54) is 21.8 Å². The van der Waals surface area contributed by atoms with Gasteiger partial charge >= 0.3 is 0 Å². The molecule has 0 aliphatic heterocycles. The molecule has 39 heavy (non-hydrogen) atoms. The largest absolute Gasteiger partial charge is 0.378 e. The molecule has 2 aromatic rings. The minimum Gasteiger partial charge on any atom is -0.378 e. The van der Waals surface area contributed by atoms with Crippen LogP contribution in [0.3, 0.4) is 0 Å². The number of ether oxygens (including phenoxy) is 1. The summed E-state index contributed by atoms with van der Waals surface area (Å²) in [5.74, 6) is -0.944. The van der Waals surface area contributed by atoms with Gasteiger partial charge in [-0.25, -0.2) is 9.36 Å². The smallest absolute Gasteiger partial charge is 0.273 e. The zero-order valence-electron chi connectivity index (χ0n) is 23.5. The summed E-state index contributed by atoms with van der Waals surface area (Å²) in [5, 5.41) is 26.4. The SMILES string of the molecule is CC(C)(C)C(=O)NCCNC(=O)c1cn(CCOCCn2cc(C(=O)NCCNC(=O)C(C)(C)C)nn2)nn1. The molecule has 0 radical (unpaired) electrons. The molecule has 0 aliphatic carbocycles. The van der Waals surface area contributed by atoms with Crippen LogP contribution in [0, 0.1) is 10.8 Å². The van der Waals surface area contributed by atoms with Crippen molar-refractivity contribution in [1.29, 1.82) is 0 Å². The van der Waals surface area contributed by atoms with E-state index in [0.717, 1.165) is 0 Å². The lowest BCUT2D eigenvalue weighted by molar-refractivity contribution is -0.129. The molecule has 4 N–H and O–H groups in total. The summed E-state index contributed by atoms with van der Waals surface area (Å²) in [4.78, 5) is 48.0. The van der Waals surface area contributed by atoms with Gasteiger partial charge in [0.25, 0.3) is 11.8 Å². The quantitative estimate of drug-likeness (QED) is 0.223. The van der Waals surface area contributed by atoms with Gasteiger partial charge in [-0.05, 0) is 0 Å². The van der Waals surface area contributed by atoms with Crippen molar-refractivity contribution in [3.05, 3.63) is 23.8 Å². The summed E-state index contributed by atoms with van der Waals surface area (Å²) in [6, 6.07) is 0. The van der Waals surface area contributed by atoms with Gasteiger partial charge in [-0.1, -0.05) is 52.0 Å². The first-order chi connectivity index (χ1) is 18.3. The maximum Gasteiger partial charge on any atom is 0.273 e. The van der Waals surface area contributed by atoms with Gasteiger partial charge in [0, 0.05) is 37.0 Å². The van der Waals surface area contributed by atoms with Crippen molar-refractivity contribution in [3.8, 4) is 0 Å². The van der Waals surface area contributed by atoms with Crippen LogP contribution < -0.4 is 21.3 Å². The van der Waals surface area contributed by atoms with Gasteiger partial charge in [0.05, 0.1) is 38.7 Å². The van der Waals surface area contributed by atoms with E-state index in [1.54, 1.807) is 0 Å². The van der Waals surface area contributed by atoms with Crippen molar-refractivity contribution in [1.82, 2.24) is 51.3 Å². The fourth-order valence-electron chi connectivity index (χ4n) is 2.86. The molecule has 0 fully saturated rings. The molecule has 0 aromatic carbocycles. The number of amides is 4. The third-order valence-corrected chi connectivity index (χ3v) is 5.23. The molecule has 0 atom stereocenters. The Kier molecular flexibility index (Phi) is 11.5. The average Bonchev–Trinajstić information content (AvgIpc) is 3.52. The van der Waals surface area contributed by atoms with Crippen LogP contribution in [0.5, 0.6) is 0 Å². The molecule has 0 bridgehead atoms. The first-order valence-corrected chi connectivity index (χ1v) is 12.8. The minimum absolute atomic E-state index is 0.0904. The van der Waals surface area contributed by atoms with Crippen molar-refractivity contribution in [3.63, 3.8) is 0 Å². The number of hydrogen-bond donors (Lipinski definition) is 4. The molecule has 0 aliphatic rings. The fourth-order valence-corrected chi connectivity index (χ4v) is 2.86. The number of aromatic nitrogens is 6. The van der Waals surface area contributed by atoms with E-state index in [2.05, 4.69) is 41.9 Å². The highest BCUT2D eigenvalue weighted by Crippen LogP contribution is 2.12. The Bertz CT molecular complexity index is 1030. The minimum atomic E-state index is -0.489. The number of carbonyl (C=O) groups is 4. The maximum absolute atomic E-state index is 12.2. The predicted octanol–water partition coefficient (Wildman–Crippen LogP) is -0.629. The fraction of sp³-hybridized carbons (Fsp3) is 0.667. The first kappa shape index (κ1) is 31.3. The molecule has 0 spiro atoms. The molecule has 0 unspecified atom stereocenters. The lowest BCUT2D eigenvalue weighted by Crippen LogP contribution is -2.39. The third kappa shape index (κ3) is 11.2. The van der Waals surface area contributed by atoms with E-state index in [-0.39, 0.29) is 48.1 Å². The van der Waals surface area contributed by atoms with Gasteiger partial charge in [0.2, 0.25) is 11.8 Å². The molecule has 0 saturated carbocycles. The van der Waals surface area contributed by atoms with Crippen molar-refractivity contribution < 1.29 is 23.9 Å². The molecule has 2 aromatic heterocycles. The van der Waals surface area contributed by atoms with Crippen LogP contribution in [0.15, 0.2) is 12.4 Å². The van der Waals surface area contributed by atoms with Crippen LogP contribution in [-0.2, 0) is 27.4 Å². The van der Waals surface area contributed by atoms with Crippen molar-refractivity contribution in [2.24, 2.45) is 10.8 Å². The topological polar surface area (TPSA) is 187 Å². The standard InChI is InChI=1S/C24H40N10O5/c1-23(2,3)21(37)27-9-7-25-19(35)17-15-33(31-29-17)11-13-39-14-12-34-16-18(30-32-34)20(36)26-8-10-28-22(38)24(4,5)6/h15-16H,7-14H2,1-6H3,(H,25,35)(H,26,36)(H,27,37)(H,28,38). The summed E-state index contributed by atoms with van der Waals surface area (Å²) in [7, 11) is 0. The van der Waals surface area contributed by atoms with Crippen molar-refractivity contribution in [2.45, 2.75) is 54.6 Å². The molecule has 2 heterocycles. The van der Waals surface area contributed by atoms with E-state index < -0.39 is 10.8 Å². The molecular weight excluding hydrogens is 508 g/mol. The molecule has 15 nitrogen and oxygen atoms in total. The van der Waals surface area contributed by atoms with Gasteiger partial charge in [-0.15, -0.1) is 10.2 Å². The summed E-state index contributed by atoms with van der Waals surface area (Å²) < 4.78 is 8.58. The number of hydrogen-bond acceptors (Lipinski definition) is 9. The van der Waals surface area contributed by atoms with Gasteiger partial charge in [-0.3, -0.25) is 19.2 Å². The lowest BCUT2D eigenvalue weighted by atomic mass is 9.96. The summed E-state index contributed by atoms with van der Waals surface area (Å²) in [6.07, 6.45) is 3.03. The normalized spacial score (nSPS) is 11.6. The Balaban J connectivity index is 1.60. The van der Waals surface area contributed by atoms with Crippen LogP contribution in [0.2, 0.25) is 0 Å². The predicted molar refractivity (Wildman–Crippen MR) is 140 cm³/mol. The zero-order chi connectivity index (χ0) is 29.1. The van der Waals surface area contributed by atoms with E-state index in [0.29, 0.717) is 39.4 Å². The highest BCUT2D eigenvalue weighted by molar-refractivity contribution is 5.92. The van der Waals surface area contributed by atoms with E-state index in [9.17, 15) is 19.2 Å². The molecule has 15 heteroatoms. The van der Waals surface area contributed by atoms with Crippen LogP contribution in [0.25, 0.3) is 0 Å². The average molecular weight is 549 g/mol. The first-order valence-electron chi connectivity index (χ1n) is 12.8. The second-order valence-corrected chi connectivity index (χ2v) is 10.9. The number of nitrogens with one attached hydrogen (secondary N) is 4. The molecule has 216 valence electrons. The number of carbonyl (C=O) groups excluding carboxylic acids is 4. The Morgan fingerprint density at radius 1 is 0.667 bits per heavy atom. The second-order valence-electron chi connectivity index (χ2n) is 10.9. The summed E-state index contributed by atoms with van der Waals surface area (Å²) in [6.45, 7) is 13.5. The third-order valence-electron chi connectivity index (χ3n) is 5.23. The van der Waals surface area contributed by atoms with Crippen molar-refractivity contribution in [2.75, 3.05) is 39.4 Å².